The van der Waals surface area contributed by atoms with Crippen molar-refractivity contribution in [3.05, 3.63) is 0 Å². The molecule has 0 fully saturated rings. The number of hydrogen-bond donors (Lipinski definition) is 4. The van der Waals surface area contributed by atoms with Crippen LogP contribution in [-0.4, -0.2) is 80.4 Å². The minimum absolute atomic E-state index is 1.90. The van der Waals surface area contributed by atoms with E-state index in [-0.39, 0.29) is 0 Å². The van der Waals surface area contributed by atoms with Crippen LogP contribution in [0.3, 0.4) is 0 Å². The fraction of sp³-hybridized carbons (Fsp3) is 1.00. The lowest BCUT2D eigenvalue weighted by Gasteiger charge is -2.33. The Morgan fingerprint density at radius 3 is 0.897 bits per heavy atom. The van der Waals surface area contributed by atoms with Gasteiger partial charge in [0.15, 0.2) is 0 Å². The van der Waals surface area contributed by atoms with Gasteiger partial charge in [0.2, 0.25) is 0 Å². The first-order valence-electron chi connectivity index (χ1n) is 8.74. The summed E-state index contributed by atoms with van der Waals surface area (Å²) in [6.45, 7) is -4.08. The molecule has 0 aliphatic rings. The maximum atomic E-state index is 13.4. The van der Waals surface area contributed by atoms with E-state index in [4.69, 9.17) is 19.6 Å². The van der Waals surface area contributed by atoms with Gasteiger partial charge in [0.25, 0.3) is 0 Å². The van der Waals surface area contributed by atoms with Gasteiger partial charge < -0.3 is 24.3 Å². The van der Waals surface area contributed by atoms with Crippen molar-refractivity contribution in [3.8, 4) is 0 Å². The first kappa shape index (κ1) is 38.1. The molecule has 0 heterocycles. The number of hydrogen-bond acceptors (Lipinski definition) is 5. The highest BCUT2D eigenvalue weighted by molar-refractivity contribution is 7.53. The number of ether oxygens (including phenoxy) is 3. The normalized spacial score (nSPS) is 16.1. The third kappa shape index (κ3) is 8.09. The largest absolute Gasteiger partial charge is 0.436 e. The predicted molar refractivity (Wildman–Crippen MR) is 85.9 cm³/mol. The van der Waals surface area contributed by atoms with Crippen molar-refractivity contribution in [2.45, 2.75) is 60.4 Å². The Bertz CT molecular complexity index is 873. The average molecular weight is 666 g/mol. The van der Waals surface area contributed by atoms with E-state index in [1.165, 1.54) is 0 Å². The average Bonchev–Trinajstić information content (AvgIpc) is 2.63. The maximum Gasteiger partial charge on any atom is 0.436 e. The lowest BCUT2D eigenvalue weighted by molar-refractivity contribution is -0.459. The Morgan fingerprint density at radius 2 is 0.692 bits per heavy atom. The van der Waals surface area contributed by atoms with E-state index < -0.39 is 88.9 Å². The minimum atomic E-state index is -7.30. The molecular weight excluding hydrogens is 654 g/mol. The molecule has 0 spiro atoms. The molecule has 0 amide bonds. The number of rotatable bonds is 16. The summed E-state index contributed by atoms with van der Waals surface area (Å²) in [5.74, 6) is -12.1. The Hall–Kier alpha value is -0.940. The van der Waals surface area contributed by atoms with Gasteiger partial charge in [0.05, 0.1) is 13.2 Å². The fourth-order valence-corrected chi connectivity index (χ4v) is 2.50. The molecule has 0 rings (SSSR count). The van der Waals surface area contributed by atoms with Crippen molar-refractivity contribution in [2.75, 3.05) is 13.2 Å². The first-order chi connectivity index (χ1) is 16.6. The first-order valence-corrected chi connectivity index (χ1v) is 12.0. The Labute approximate surface area is 203 Å². The van der Waals surface area contributed by atoms with Gasteiger partial charge in [-0.1, -0.05) is 0 Å². The lowest BCUT2D eigenvalue weighted by atomic mass is 10.2. The van der Waals surface area contributed by atoms with E-state index in [0.717, 1.165) is 0 Å². The van der Waals surface area contributed by atoms with E-state index in [9.17, 15) is 79.4 Å². The summed E-state index contributed by atoms with van der Waals surface area (Å²) in [6.07, 6.45) is -32.6. The van der Waals surface area contributed by atoms with Crippen molar-refractivity contribution in [2.24, 2.45) is 0 Å². The smallest absolute Gasteiger partial charge is 0.381 e. The summed E-state index contributed by atoms with van der Waals surface area (Å²) in [6, 6.07) is 0. The summed E-state index contributed by atoms with van der Waals surface area (Å²) < 4.78 is 239. The van der Waals surface area contributed by atoms with E-state index >= 15 is 0 Å². The quantitative estimate of drug-likeness (QED) is 0.102. The van der Waals surface area contributed by atoms with Crippen molar-refractivity contribution >= 4 is 15.2 Å². The van der Waals surface area contributed by atoms with Crippen LogP contribution in [0.1, 0.15) is 12.8 Å². The van der Waals surface area contributed by atoms with Crippen LogP contribution in [0.2, 0.25) is 0 Å². The van der Waals surface area contributed by atoms with Crippen molar-refractivity contribution in [1.82, 2.24) is 0 Å². The molecule has 0 aromatic rings. The van der Waals surface area contributed by atoms with Crippen molar-refractivity contribution in [3.63, 3.8) is 0 Å². The SMILES string of the molecule is O=P(O)(O)C(F)(F)C(F)(F)OC(F)(F)C(F)(F)CCOCCC(F)(F)C(F)(F)OC(F)(F)C(F)(F)P(=O)(O)O. The van der Waals surface area contributed by atoms with Crippen LogP contribution < -0.4 is 0 Å². The summed E-state index contributed by atoms with van der Waals surface area (Å²) in [5.41, 5.74) is -13.6. The number of halogens is 16. The maximum absolute atomic E-state index is 13.4. The molecule has 0 aliphatic heterocycles. The van der Waals surface area contributed by atoms with E-state index in [1.54, 1.807) is 0 Å². The molecule has 0 unspecified atom stereocenters. The highest BCUT2D eigenvalue weighted by atomic mass is 31.2. The molecule has 39 heavy (non-hydrogen) atoms. The summed E-state index contributed by atoms with van der Waals surface area (Å²) >= 11 is 0. The molecule has 0 saturated heterocycles. The molecule has 9 nitrogen and oxygen atoms in total. The van der Waals surface area contributed by atoms with Gasteiger partial charge in [-0.15, -0.1) is 0 Å². The van der Waals surface area contributed by atoms with E-state index in [0.29, 0.717) is 0 Å². The molecule has 0 aliphatic carbocycles. The molecule has 0 atom stereocenters. The summed E-state index contributed by atoms with van der Waals surface area (Å²) in [7, 11) is -14.6. The van der Waals surface area contributed by atoms with Gasteiger partial charge in [0.1, 0.15) is 0 Å². The summed E-state index contributed by atoms with van der Waals surface area (Å²) in [4.78, 5) is 32.2. The highest BCUT2D eigenvalue weighted by Crippen LogP contribution is 2.63. The lowest BCUT2D eigenvalue weighted by Crippen LogP contribution is -2.53. The molecule has 0 aromatic carbocycles. The van der Waals surface area contributed by atoms with Crippen LogP contribution in [-0.2, 0) is 23.3 Å². The van der Waals surface area contributed by atoms with Crippen LogP contribution in [0.5, 0.6) is 0 Å². The van der Waals surface area contributed by atoms with Crippen molar-refractivity contribution < 1.29 is 113 Å². The summed E-state index contributed by atoms with van der Waals surface area (Å²) in [5, 5.41) is 0. The Balaban J connectivity index is 5.28. The Kier molecular flexibility index (Phi) is 10.8. The standard InChI is InChI=1S/C12H12F16O9P2/c13-5(14,7(17,18)36-9(21,22)11(25,26)38(29,30)31)1-3-35-4-2-6(15,16)8(19,20)37-10(23,24)12(27,28)39(32,33)34/h1-4H2,(H2,29,30,31)(H2,32,33,34). The molecule has 27 heteroatoms. The zero-order valence-corrected chi connectivity index (χ0v) is 19.4. The zero-order valence-electron chi connectivity index (χ0n) is 17.6. The van der Waals surface area contributed by atoms with Crippen LogP contribution in [0.15, 0.2) is 0 Å². The van der Waals surface area contributed by atoms with Crippen LogP contribution in [0, 0.1) is 0 Å². The van der Waals surface area contributed by atoms with Gasteiger partial charge >= 0.3 is 62.8 Å². The van der Waals surface area contributed by atoms with Crippen LogP contribution >= 0.6 is 15.2 Å². The molecule has 0 radical (unpaired) electrons. The van der Waals surface area contributed by atoms with Gasteiger partial charge in [-0.25, -0.2) is 9.47 Å². The third-order valence-corrected chi connectivity index (χ3v) is 5.90. The topological polar surface area (TPSA) is 143 Å². The van der Waals surface area contributed by atoms with E-state index in [1.807, 2.05) is 9.47 Å². The third-order valence-electron chi connectivity index (χ3n) is 3.92. The van der Waals surface area contributed by atoms with Gasteiger partial charge in [-0.05, 0) is 0 Å². The molecule has 4 N–H and O–H groups in total. The fourth-order valence-electron chi connectivity index (χ4n) is 1.73. The molecule has 0 aromatic heterocycles. The Morgan fingerprint density at radius 1 is 0.462 bits per heavy atom. The van der Waals surface area contributed by atoms with Gasteiger partial charge in [0, 0.05) is 12.8 Å². The molecular formula is C12H12F16O9P2. The second-order valence-corrected chi connectivity index (χ2v) is 10.3. The minimum Gasteiger partial charge on any atom is -0.381 e. The second-order valence-electron chi connectivity index (χ2n) is 6.96. The highest BCUT2D eigenvalue weighted by Gasteiger charge is 2.76. The zero-order chi connectivity index (χ0) is 31.9. The van der Waals surface area contributed by atoms with Crippen LogP contribution in [0.4, 0.5) is 70.2 Å². The number of alkyl halides is 16. The van der Waals surface area contributed by atoms with Crippen molar-refractivity contribution in [1.29, 1.82) is 0 Å². The predicted octanol–water partition coefficient (Wildman–Crippen LogP) is 5.00. The second kappa shape index (κ2) is 11.0. The molecule has 0 bridgehead atoms. The van der Waals surface area contributed by atoms with Crippen LogP contribution in [0.25, 0.3) is 0 Å². The molecule has 0 saturated carbocycles. The monoisotopic (exact) mass is 666 g/mol. The molecule has 236 valence electrons. The van der Waals surface area contributed by atoms with Gasteiger partial charge in [-0.3, -0.25) is 9.13 Å². The van der Waals surface area contributed by atoms with E-state index in [2.05, 4.69) is 4.74 Å². The van der Waals surface area contributed by atoms with Gasteiger partial charge in [-0.2, -0.15) is 70.2 Å².